The topological polar surface area (TPSA) is 26.3 Å². The summed E-state index contributed by atoms with van der Waals surface area (Å²) in [5, 5.41) is 2.07. The summed E-state index contributed by atoms with van der Waals surface area (Å²) in [4.78, 5) is 12.3. The van der Waals surface area contributed by atoms with Crippen molar-refractivity contribution in [3.63, 3.8) is 0 Å². The van der Waals surface area contributed by atoms with Gasteiger partial charge in [-0.05, 0) is 31.2 Å². The van der Waals surface area contributed by atoms with Crippen molar-refractivity contribution >= 4 is 17.1 Å². The predicted octanol–water partition coefficient (Wildman–Crippen LogP) is 4.58. The Morgan fingerprint density at radius 2 is 2.06 bits per heavy atom. The van der Waals surface area contributed by atoms with Crippen molar-refractivity contribution in [3.05, 3.63) is 22.4 Å². The zero-order valence-corrected chi connectivity index (χ0v) is 9.47. The van der Waals surface area contributed by atoms with Gasteiger partial charge in [-0.15, -0.1) is 11.3 Å². The molecule has 0 amide bonds. The quantitative estimate of drug-likeness (QED) is 0.748. The van der Waals surface area contributed by atoms with Crippen LogP contribution in [0.25, 0.3) is 0 Å². The van der Waals surface area contributed by atoms with Crippen LogP contribution in [0.15, 0.2) is 17.5 Å². The Bertz CT molecular complexity index is 268. The molecule has 0 aliphatic carbocycles. The molecular formula is C14H28O2S. The molecular weight excluding hydrogens is 232 g/mol. The lowest BCUT2D eigenvalue weighted by atomic mass is 10.1. The van der Waals surface area contributed by atoms with Crippen LogP contribution in [0.3, 0.4) is 0 Å². The molecule has 3 heteroatoms. The molecule has 0 saturated heterocycles. The van der Waals surface area contributed by atoms with Gasteiger partial charge in [0.2, 0.25) is 0 Å². The molecule has 1 atom stereocenters. The molecule has 1 heterocycles. The van der Waals surface area contributed by atoms with E-state index in [2.05, 4.69) is 11.4 Å². The molecule has 0 N–H and O–H groups in total. The fourth-order valence-corrected chi connectivity index (χ4v) is 2.11. The number of thiophene rings is 1. The largest absolute Gasteiger partial charge is 0.381 e. The van der Waals surface area contributed by atoms with Gasteiger partial charge < -0.3 is 4.74 Å². The molecule has 0 spiro atoms. The maximum Gasteiger partial charge on any atom is 0.132 e. The van der Waals surface area contributed by atoms with Crippen LogP contribution in [-0.2, 0) is 16.0 Å². The van der Waals surface area contributed by atoms with Crippen LogP contribution in [0.1, 0.15) is 46.9 Å². The minimum absolute atomic E-state index is 0. The van der Waals surface area contributed by atoms with Crippen molar-refractivity contribution < 1.29 is 9.53 Å². The number of ketones is 1. The molecule has 17 heavy (non-hydrogen) atoms. The van der Waals surface area contributed by atoms with Crippen LogP contribution in [0.5, 0.6) is 0 Å². The summed E-state index contributed by atoms with van der Waals surface area (Å²) < 4.78 is 5.24. The van der Waals surface area contributed by atoms with Gasteiger partial charge in [0.05, 0.1) is 6.10 Å². The van der Waals surface area contributed by atoms with Crippen LogP contribution in [0.4, 0.5) is 0 Å². The van der Waals surface area contributed by atoms with Gasteiger partial charge in [0.1, 0.15) is 5.78 Å². The van der Waals surface area contributed by atoms with Crippen molar-refractivity contribution in [1.29, 1.82) is 0 Å². The minimum Gasteiger partial charge on any atom is -0.381 e. The molecule has 1 rings (SSSR count). The Hall–Kier alpha value is -0.670. The molecule has 0 bridgehead atoms. The standard InChI is InChI=1S/C11H16O2S.3CH4/c1-9(12)8-10(13-2)5-6-11-4-3-7-14-11;;;/h3-4,7,10H,5-6,8H2,1-2H3;3*1H4. The smallest absolute Gasteiger partial charge is 0.132 e. The Balaban J connectivity index is -0.000000653. The van der Waals surface area contributed by atoms with Gasteiger partial charge in [0.15, 0.2) is 0 Å². The van der Waals surface area contributed by atoms with Crippen molar-refractivity contribution in [2.24, 2.45) is 0 Å². The molecule has 102 valence electrons. The van der Waals surface area contributed by atoms with E-state index in [1.54, 1.807) is 25.4 Å². The molecule has 0 fully saturated rings. The number of hydrogen-bond donors (Lipinski definition) is 0. The van der Waals surface area contributed by atoms with Crippen LogP contribution >= 0.6 is 11.3 Å². The Morgan fingerprint density at radius 3 is 2.47 bits per heavy atom. The zero-order chi connectivity index (χ0) is 10.4. The Labute approximate surface area is 111 Å². The van der Waals surface area contributed by atoms with E-state index in [4.69, 9.17) is 4.74 Å². The van der Waals surface area contributed by atoms with Crippen molar-refractivity contribution in [1.82, 2.24) is 0 Å². The Morgan fingerprint density at radius 1 is 1.41 bits per heavy atom. The number of hydrogen-bond acceptors (Lipinski definition) is 3. The lowest BCUT2D eigenvalue weighted by Crippen LogP contribution is -2.15. The van der Waals surface area contributed by atoms with Gasteiger partial charge in [-0.25, -0.2) is 0 Å². The Kier molecular flexibility index (Phi) is 15.0. The fourth-order valence-electron chi connectivity index (χ4n) is 1.38. The van der Waals surface area contributed by atoms with Crippen LogP contribution in [0.2, 0.25) is 0 Å². The number of carbonyl (C=O) groups excluding carboxylic acids is 1. The molecule has 0 radical (unpaired) electrons. The van der Waals surface area contributed by atoms with E-state index in [1.165, 1.54) is 4.88 Å². The average Bonchev–Trinajstić information content (AvgIpc) is 2.64. The van der Waals surface area contributed by atoms with Gasteiger partial charge in [-0.3, -0.25) is 4.79 Å². The van der Waals surface area contributed by atoms with Crippen LogP contribution in [-0.4, -0.2) is 19.0 Å². The molecule has 2 nitrogen and oxygen atoms in total. The third kappa shape index (κ3) is 9.07. The molecule has 1 aromatic rings. The molecule has 0 aliphatic rings. The maximum absolute atomic E-state index is 10.9. The summed E-state index contributed by atoms with van der Waals surface area (Å²) >= 11 is 1.75. The third-order valence-electron chi connectivity index (χ3n) is 2.14. The van der Waals surface area contributed by atoms with E-state index in [-0.39, 0.29) is 34.2 Å². The summed E-state index contributed by atoms with van der Waals surface area (Å²) in [7, 11) is 1.67. The fraction of sp³-hybridized carbons (Fsp3) is 0.643. The molecule has 0 aromatic carbocycles. The lowest BCUT2D eigenvalue weighted by Gasteiger charge is -2.12. The van der Waals surface area contributed by atoms with Gasteiger partial charge in [-0.2, -0.15) is 0 Å². The second-order valence-electron chi connectivity index (χ2n) is 3.38. The SMILES string of the molecule is C.C.C.COC(CCc1cccs1)CC(C)=O. The highest BCUT2D eigenvalue weighted by molar-refractivity contribution is 7.09. The second-order valence-corrected chi connectivity index (χ2v) is 4.41. The highest BCUT2D eigenvalue weighted by Crippen LogP contribution is 2.14. The first-order valence-electron chi connectivity index (χ1n) is 4.77. The van der Waals surface area contributed by atoms with E-state index >= 15 is 0 Å². The molecule has 1 unspecified atom stereocenters. The normalized spacial score (nSPS) is 10.5. The van der Waals surface area contributed by atoms with Crippen LogP contribution in [0, 0.1) is 0 Å². The van der Waals surface area contributed by atoms with Gasteiger partial charge in [-0.1, -0.05) is 28.3 Å². The van der Waals surface area contributed by atoms with E-state index in [0.29, 0.717) is 6.42 Å². The molecule has 0 aliphatic heterocycles. The first-order chi connectivity index (χ1) is 6.72. The van der Waals surface area contributed by atoms with E-state index in [9.17, 15) is 4.79 Å². The summed E-state index contributed by atoms with van der Waals surface area (Å²) in [6.45, 7) is 1.61. The number of Topliss-reactive ketones (excluding diaryl/α,β-unsaturated/α-hetero) is 1. The van der Waals surface area contributed by atoms with Crippen molar-refractivity contribution in [3.8, 4) is 0 Å². The summed E-state index contributed by atoms with van der Waals surface area (Å²) in [5.41, 5.74) is 0. The monoisotopic (exact) mass is 260 g/mol. The van der Waals surface area contributed by atoms with Crippen molar-refractivity contribution in [2.75, 3.05) is 7.11 Å². The molecule has 1 aromatic heterocycles. The van der Waals surface area contributed by atoms with Gasteiger partial charge in [0, 0.05) is 18.4 Å². The van der Waals surface area contributed by atoms with Crippen LogP contribution < -0.4 is 0 Å². The van der Waals surface area contributed by atoms with E-state index < -0.39 is 0 Å². The van der Waals surface area contributed by atoms with E-state index in [1.807, 2.05) is 6.07 Å². The number of aryl methyl sites for hydroxylation is 1. The molecule has 0 saturated carbocycles. The van der Waals surface area contributed by atoms with Gasteiger partial charge in [0.25, 0.3) is 0 Å². The maximum atomic E-state index is 10.9. The predicted molar refractivity (Wildman–Crippen MR) is 78.9 cm³/mol. The van der Waals surface area contributed by atoms with Crippen molar-refractivity contribution in [2.45, 2.75) is 54.6 Å². The highest BCUT2D eigenvalue weighted by atomic mass is 32.1. The minimum atomic E-state index is 0. The third-order valence-corrected chi connectivity index (χ3v) is 3.08. The number of carbonyl (C=O) groups is 1. The number of ether oxygens (including phenoxy) is 1. The summed E-state index contributed by atoms with van der Waals surface area (Å²) in [5.74, 6) is 0.197. The van der Waals surface area contributed by atoms with Gasteiger partial charge >= 0.3 is 0 Å². The average molecular weight is 260 g/mol. The first kappa shape index (κ1) is 21.6. The summed E-state index contributed by atoms with van der Waals surface area (Å²) in [6.07, 6.45) is 2.54. The zero-order valence-electron chi connectivity index (χ0n) is 8.66. The lowest BCUT2D eigenvalue weighted by molar-refractivity contribution is -0.119. The van der Waals surface area contributed by atoms with E-state index in [0.717, 1.165) is 12.8 Å². The highest BCUT2D eigenvalue weighted by Gasteiger charge is 2.10. The second kappa shape index (κ2) is 11.8. The number of methoxy groups -OCH3 is 1. The first-order valence-corrected chi connectivity index (χ1v) is 5.65. The number of rotatable bonds is 6. The summed E-state index contributed by atoms with van der Waals surface area (Å²) in [6, 6.07) is 4.16.